The Bertz CT molecular complexity index is 3020. The van der Waals surface area contributed by atoms with Gasteiger partial charge >= 0.3 is 6.09 Å². The number of benzene rings is 3. The van der Waals surface area contributed by atoms with E-state index < -0.39 is 47.3 Å². The van der Waals surface area contributed by atoms with Crippen LogP contribution in [0.3, 0.4) is 0 Å². The predicted molar refractivity (Wildman–Crippen MR) is 267 cm³/mol. The van der Waals surface area contributed by atoms with Crippen molar-refractivity contribution in [2.45, 2.75) is 51.0 Å². The van der Waals surface area contributed by atoms with E-state index in [2.05, 4.69) is 64.9 Å². The average molecular weight is 1000 g/mol. The first-order valence-corrected chi connectivity index (χ1v) is 26.4. The second-order valence-corrected chi connectivity index (χ2v) is 23.2. The molecule has 2 saturated heterocycles. The third-order valence-corrected chi connectivity index (χ3v) is 16.6. The summed E-state index contributed by atoms with van der Waals surface area (Å²) in [6, 6.07) is 19.7. The monoisotopic (exact) mass is 1000 g/mol. The largest absolute Gasteiger partial charge is 0.455 e. The number of carbonyl (C=O) groups excluding carboxylic acids is 2. The molecule has 0 spiro atoms. The number of sulfonamides is 1. The number of fused-ring (bicyclic) bond motifs is 1. The van der Waals surface area contributed by atoms with Crippen LogP contribution in [0.5, 0.6) is 11.5 Å². The second kappa shape index (κ2) is 20.5. The van der Waals surface area contributed by atoms with Crippen molar-refractivity contribution in [1.29, 1.82) is 0 Å². The Hall–Kier alpha value is -6.06. The molecule has 366 valence electrons. The van der Waals surface area contributed by atoms with Gasteiger partial charge in [-0.1, -0.05) is 43.2 Å². The van der Waals surface area contributed by atoms with E-state index in [1.165, 1.54) is 48.2 Å². The van der Waals surface area contributed by atoms with E-state index in [-0.39, 0.29) is 40.0 Å². The van der Waals surface area contributed by atoms with Gasteiger partial charge in [0.2, 0.25) is 0 Å². The number of H-pyrrole nitrogens is 1. The number of hydrogen-bond acceptors (Lipinski definition) is 14. The lowest BCUT2D eigenvalue weighted by molar-refractivity contribution is -0.384. The van der Waals surface area contributed by atoms with Crippen LogP contribution in [0.1, 0.15) is 56.0 Å². The molecule has 0 radical (unpaired) electrons. The molecule has 8 rings (SSSR count). The van der Waals surface area contributed by atoms with E-state index in [0.717, 1.165) is 56.0 Å². The number of methoxy groups -OCH3 is 1. The molecular formula is C48H56ClN9O9S2. The molecule has 21 heteroatoms. The van der Waals surface area contributed by atoms with Gasteiger partial charge in [-0.3, -0.25) is 24.7 Å². The molecule has 18 nitrogen and oxygen atoms in total. The Labute approximate surface area is 406 Å². The van der Waals surface area contributed by atoms with Crippen molar-refractivity contribution in [2.24, 2.45) is 9.78 Å². The lowest BCUT2D eigenvalue weighted by Gasteiger charge is -2.39. The third-order valence-electron chi connectivity index (χ3n) is 12.8. The minimum Gasteiger partial charge on any atom is -0.455 e. The van der Waals surface area contributed by atoms with Crippen molar-refractivity contribution in [1.82, 2.24) is 24.5 Å². The van der Waals surface area contributed by atoms with Crippen LogP contribution in [0, 0.1) is 15.5 Å². The van der Waals surface area contributed by atoms with Crippen LogP contribution in [-0.2, 0) is 24.5 Å². The topological polar surface area (TPSA) is 222 Å². The molecule has 3 aliphatic rings. The molecule has 0 unspecified atom stereocenters. The number of allylic oxidation sites excluding steroid dienone is 1. The highest BCUT2D eigenvalue weighted by Gasteiger charge is 2.31. The molecule has 69 heavy (non-hydrogen) atoms. The molecule has 5 aromatic rings. The third kappa shape index (κ3) is 12.0. The first kappa shape index (κ1) is 49.4. The summed E-state index contributed by atoms with van der Waals surface area (Å²) in [5.41, 5.74) is 5.16. The number of amides is 2. The summed E-state index contributed by atoms with van der Waals surface area (Å²) in [6.45, 7) is 11.4. The zero-order valence-electron chi connectivity index (χ0n) is 38.9. The number of ether oxygens (including phenoxy) is 2. The average Bonchev–Trinajstić information content (AvgIpc) is 3.79. The highest BCUT2D eigenvalue weighted by atomic mass is 35.5. The van der Waals surface area contributed by atoms with Crippen LogP contribution in [0.25, 0.3) is 16.6 Å². The van der Waals surface area contributed by atoms with Gasteiger partial charge in [-0.25, -0.2) is 27.1 Å². The fraction of sp³-hybridized carbons (Fsp3) is 0.396. The summed E-state index contributed by atoms with van der Waals surface area (Å²) in [4.78, 5) is 50.8. The lowest BCUT2D eigenvalue weighted by atomic mass is 9.72. The van der Waals surface area contributed by atoms with Gasteiger partial charge < -0.3 is 24.7 Å². The molecule has 3 aromatic carbocycles. The first-order chi connectivity index (χ1) is 32.9. The zero-order valence-corrected chi connectivity index (χ0v) is 41.3. The van der Waals surface area contributed by atoms with Crippen molar-refractivity contribution in [3.8, 4) is 11.5 Å². The van der Waals surface area contributed by atoms with Crippen LogP contribution in [0.15, 0.2) is 100 Å². The van der Waals surface area contributed by atoms with Gasteiger partial charge in [0.1, 0.15) is 22.8 Å². The van der Waals surface area contributed by atoms with E-state index in [9.17, 15) is 32.3 Å². The molecular weight excluding hydrogens is 946 g/mol. The standard InChI is InChI=1S/C48H56ClN9O9S2/c1-32(30-56-21-23-68(63,24-22-56)54-47(60)66-4)52-42-12-10-39(27-43(42)58(61)62)69(64,65)53-46(59)40-11-9-37(26-44(40)67-38-25-34-14-16-50-45(34)51-29-38)57-19-17-55(18-20-57)31-35-13-15-48(2,3)28-41(35)33-5-7-36(49)8-6-33/h5-12,14,16,25-27,29,32,52H,13,15,17-24,28,30-31H2,1-4H3,(H,50,51)(H,53,59)/t32-/m0/s1. The van der Waals surface area contributed by atoms with Crippen LogP contribution in [-0.4, -0.2) is 126 Å². The number of nitro benzene ring substituents is 1. The van der Waals surface area contributed by atoms with Crippen molar-refractivity contribution < 1.29 is 36.6 Å². The van der Waals surface area contributed by atoms with Crippen molar-refractivity contribution in [3.63, 3.8) is 0 Å². The maximum atomic E-state index is 14.0. The molecule has 1 aliphatic carbocycles. The quantitative estimate of drug-likeness (QED) is 0.0706. The van der Waals surface area contributed by atoms with Crippen molar-refractivity contribution in [2.75, 3.05) is 81.2 Å². The number of pyridine rings is 1. The molecule has 2 fully saturated rings. The van der Waals surface area contributed by atoms with E-state index >= 15 is 0 Å². The number of rotatable bonds is 14. The molecule has 0 bridgehead atoms. The Morgan fingerprint density at radius 2 is 1.74 bits per heavy atom. The van der Waals surface area contributed by atoms with Gasteiger partial charge in [0.05, 0.1) is 38.4 Å². The van der Waals surface area contributed by atoms with Gasteiger partial charge in [-0.15, -0.1) is 4.36 Å². The number of nitrogens with one attached hydrogen (secondary N) is 3. The molecule has 3 N–H and O–H groups in total. The highest BCUT2D eigenvalue weighted by molar-refractivity contribution is 7.94. The van der Waals surface area contributed by atoms with Crippen LogP contribution >= 0.6 is 11.6 Å². The van der Waals surface area contributed by atoms with E-state index in [0.29, 0.717) is 49.1 Å². The van der Waals surface area contributed by atoms with Gasteiger partial charge in [0, 0.05) is 104 Å². The Morgan fingerprint density at radius 1 is 1.00 bits per heavy atom. The predicted octanol–water partition coefficient (Wildman–Crippen LogP) is 8.17. The molecule has 2 aromatic heterocycles. The zero-order chi connectivity index (χ0) is 49.1. The van der Waals surface area contributed by atoms with Crippen LogP contribution in [0.4, 0.5) is 21.9 Å². The number of hydrogen-bond donors (Lipinski definition) is 3. The number of anilines is 2. The number of halogens is 1. The first-order valence-electron chi connectivity index (χ1n) is 22.7. The fourth-order valence-corrected chi connectivity index (χ4v) is 12.0. The van der Waals surface area contributed by atoms with E-state index in [4.69, 9.17) is 16.3 Å². The van der Waals surface area contributed by atoms with Gasteiger partial charge in [-0.05, 0) is 91.3 Å². The maximum absolute atomic E-state index is 14.0. The molecule has 0 saturated carbocycles. The summed E-state index contributed by atoms with van der Waals surface area (Å²) in [7, 11) is -6.22. The van der Waals surface area contributed by atoms with Crippen LogP contribution < -0.4 is 19.7 Å². The lowest BCUT2D eigenvalue weighted by Crippen LogP contribution is -2.47. The summed E-state index contributed by atoms with van der Waals surface area (Å²) < 4.78 is 57.2. The number of nitrogens with zero attached hydrogens (tertiary/aromatic N) is 6. The minimum atomic E-state index is -4.65. The van der Waals surface area contributed by atoms with Gasteiger partial charge in [0.25, 0.3) is 21.6 Å². The molecule has 1 atom stereocenters. The maximum Gasteiger partial charge on any atom is 0.441 e. The Morgan fingerprint density at radius 3 is 2.45 bits per heavy atom. The number of nitro groups is 1. The summed E-state index contributed by atoms with van der Waals surface area (Å²) in [6.07, 6.45) is 5.51. The SMILES string of the molecule is COC(=O)N=S1(=O)CCN(C[C@H](C)Nc2ccc(S(=O)(=O)NC(=O)c3ccc(N4CCN(CC5=C(c6ccc(Cl)cc6)CC(C)(C)CC5)CC4)cc3Oc3cnc4[nH]ccc4c3)cc2[N+](=O)[O-])CC1. The van der Waals surface area contributed by atoms with Crippen molar-refractivity contribution in [3.05, 3.63) is 117 Å². The molecule has 4 heterocycles. The summed E-state index contributed by atoms with van der Waals surface area (Å²) >= 11 is 6.25. The number of carbonyl (C=O) groups is 2. The normalized spacial score (nSPS) is 18.1. The fourth-order valence-electron chi connectivity index (χ4n) is 9.07. The van der Waals surface area contributed by atoms with Crippen LogP contribution in [0.2, 0.25) is 5.02 Å². The minimum absolute atomic E-state index is 0.0668. The summed E-state index contributed by atoms with van der Waals surface area (Å²) in [5, 5.41) is 16.9. The Balaban J connectivity index is 0.970. The molecule has 2 aliphatic heterocycles. The van der Waals surface area contributed by atoms with E-state index in [1.54, 1.807) is 31.3 Å². The Kier molecular flexibility index (Phi) is 14.7. The van der Waals surface area contributed by atoms with Gasteiger partial charge in [-0.2, -0.15) is 0 Å². The highest BCUT2D eigenvalue weighted by Crippen LogP contribution is 2.43. The number of piperazine rings is 1. The smallest absolute Gasteiger partial charge is 0.441 e. The number of aromatic amines is 1. The molecule has 2 amide bonds. The summed E-state index contributed by atoms with van der Waals surface area (Å²) in [5.74, 6) is -0.261. The second-order valence-electron chi connectivity index (χ2n) is 18.5. The van der Waals surface area contributed by atoms with Gasteiger partial charge in [0.15, 0.2) is 0 Å². The van der Waals surface area contributed by atoms with E-state index in [1.807, 2.05) is 23.1 Å². The van der Waals surface area contributed by atoms with Crippen molar-refractivity contribution >= 4 is 77.0 Å². The number of aromatic nitrogens is 2.